The number of carbonyl (C=O) groups excluding carboxylic acids is 1. The summed E-state index contributed by atoms with van der Waals surface area (Å²) in [6.45, 7) is 1.24. The van der Waals surface area contributed by atoms with Crippen molar-refractivity contribution >= 4 is 5.78 Å². The molecule has 0 amide bonds. The van der Waals surface area contributed by atoms with Crippen molar-refractivity contribution in [1.29, 1.82) is 0 Å². The van der Waals surface area contributed by atoms with Crippen LogP contribution in [-0.4, -0.2) is 69.1 Å². The van der Waals surface area contributed by atoms with Crippen molar-refractivity contribution < 1.29 is 70.1 Å². The minimum Gasteiger partial charge on any atom is -0.508 e. The predicted octanol–water partition coefficient (Wildman–Crippen LogP) is 2.68. The van der Waals surface area contributed by atoms with Gasteiger partial charge in [0.2, 0.25) is 5.78 Å². The van der Waals surface area contributed by atoms with E-state index in [9.17, 15) is 55.9 Å². The van der Waals surface area contributed by atoms with E-state index in [0.717, 1.165) is 48.5 Å². The molecule has 0 radical (unpaired) electrons. The van der Waals surface area contributed by atoms with Crippen LogP contribution in [0.2, 0.25) is 0 Å². The largest absolute Gasteiger partial charge is 0.508 e. The number of phenols is 8. The van der Waals surface area contributed by atoms with E-state index in [-0.39, 0.29) is 33.8 Å². The molecule has 0 aromatic heterocycles. The SMILES string of the molecule is CC(O)C1(c2cc(O)cc(O)c2)Oc2cc(O)cc(O)c2-c2c(cc(O)c3c2OC(c2cc(O)c(O)c(O)c2)C(O)C3=O)O1. The molecule has 4 atom stereocenters. The van der Waals surface area contributed by atoms with Gasteiger partial charge < -0.3 is 65.3 Å². The lowest BCUT2D eigenvalue weighted by atomic mass is 9.88. The average molecular weight is 609 g/mol. The van der Waals surface area contributed by atoms with E-state index in [0.29, 0.717) is 0 Å². The third-order valence-electron chi connectivity index (χ3n) is 7.39. The third kappa shape index (κ3) is 4.15. The summed E-state index contributed by atoms with van der Waals surface area (Å²) in [6.07, 6.45) is -5.29. The van der Waals surface area contributed by atoms with Gasteiger partial charge in [0.05, 0.1) is 11.1 Å². The second-order valence-electron chi connectivity index (χ2n) is 10.4. The Balaban J connectivity index is 1.66. The smallest absolute Gasteiger partial charge is 0.304 e. The fourth-order valence-electron chi connectivity index (χ4n) is 5.40. The molecule has 4 aromatic rings. The Morgan fingerprint density at radius 2 is 1.23 bits per heavy atom. The van der Waals surface area contributed by atoms with Gasteiger partial charge in [-0.25, -0.2) is 0 Å². The number of rotatable bonds is 3. The van der Waals surface area contributed by atoms with Gasteiger partial charge in [-0.15, -0.1) is 0 Å². The Morgan fingerprint density at radius 1 is 0.682 bits per heavy atom. The van der Waals surface area contributed by atoms with Gasteiger partial charge in [-0.05, 0) is 31.2 Å². The number of benzene rings is 4. The molecule has 2 aliphatic rings. The molecule has 4 unspecified atom stereocenters. The van der Waals surface area contributed by atoms with Gasteiger partial charge >= 0.3 is 5.79 Å². The molecule has 14 nitrogen and oxygen atoms in total. The summed E-state index contributed by atoms with van der Waals surface area (Å²) in [5.41, 5.74) is -1.39. The van der Waals surface area contributed by atoms with Crippen LogP contribution in [0, 0.1) is 0 Å². The lowest BCUT2D eigenvalue weighted by molar-refractivity contribution is -0.187. The maximum absolute atomic E-state index is 13.5. The Bertz CT molecular complexity index is 1820. The van der Waals surface area contributed by atoms with Gasteiger partial charge in [-0.3, -0.25) is 4.79 Å². The maximum Gasteiger partial charge on any atom is 0.304 e. The van der Waals surface area contributed by atoms with Crippen LogP contribution in [0.25, 0.3) is 11.1 Å². The number of aromatic hydroxyl groups is 8. The van der Waals surface area contributed by atoms with Crippen molar-refractivity contribution in [3.8, 4) is 74.4 Å². The average Bonchev–Trinajstić information content (AvgIpc) is 3.08. The van der Waals surface area contributed by atoms with Crippen LogP contribution in [0.3, 0.4) is 0 Å². The first-order chi connectivity index (χ1) is 20.7. The van der Waals surface area contributed by atoms with Crippen molar-refractivity contribution in [2.24, 2.45) is 0 Å². The second-order valence-corrected chi connectivity index (χ2v) is 10.4. The molecule has 44 heavy (non-hydrogen) atoms. The van der Waals surface area contributed by atoms with Crippen molar-refractivity contribution in [1.82, 2.24) is 0 Å². The molecule has 228 valence electrons. The minimum absolute atomic E-state index is 0.149. The zero-order valence-corrected chi connectivity index (χ0v) is 22.5. The topological polar surface area (TPSA) is 247 Å². The van der Waals surface area contributed by atoms with E-state index < -0.39 is 87.2 Å². The van der Waals surface area contributed by atoms with E-state index in [2.05, 4.69) is 0 Å². The number of hydrogen-bond acceptors (Lipinski definition) is 14. The molecule has 0 saturated heterocycles. The molecule has 0 bridgehead atoms. The zero-order valence-electron chi connectivity index (χ0n) is 22.5. The third-order valence-corrected chi connectivity index (χ3v) is 7.39. The van der Waals surface area contributed by atoms with Gasteiger partial charge in [-0.1, -0.05) is 0 Å². The molecular weight excluding hydrogens is 584 g/mol. The fraction of sp³-hybridized carbons (Fsp3) is 0.167. The minimum atomic E-state index is -2.34. The summed E-state index contributed by atoms with van der Waals surface area (Å²) in [6, 6.07) is 7.97. The van der Waals surface area contributed by atoms with Crippen LogP contribution < -0.4 is 14.2 Å². The first-order valence-corrected chi connectivity index (χ1v) is 12.9. The highest BCUT2D eigenvalue weighted by molar-refractivity contribution is 6.09. The Kier molecular flexibility index (Phi) is 6.23. The van der Waals surface area contributed by atoms with Crippen LogP contribution >= 0.6 is 0 Å². The summed E-state index contributed by atoms with van der Waals surface area (Å²) in [5.74, 6) is -9.88. The van der Waals surface area contributed by atoms with Crippen LogP contribution in [-0.2, 0) is 5.79 Å². The monoisotopic (exact) mass is 608 g/mol. The lowest BCUT2D eigenvalue weighted by Gasteiger charge is -2.36. The highest BCUT2D eigenvalue weighted by Gasteiger charge is 2.50. The summed E-state index contributed by atoms with van der Waals surface area (Å²) < 4.78 is 18.3. The highest BCUT2D eigenvalue weighted by atomic mass is 16.7. The Hall–Kier alpha value is -5.73. The Morgan fingerprint density at radius 3 is 1.82 bits per heavy atom. The van der Waals surface area contributed by atoms with Crippen LogP contribution in [0.1, 0.15) is 34.5 Å². The van der Waals surface area contributed by atoms with Crippen molar-refractivity contribution in [2.45, 2.75) is 31.0 Å². The van der Waals surface area contributed by atoms with E-state index in [1.54, 1.807) is 0 Å². The van der Waals surface area contributed by atoms with Gasteiger partial charge in [0.15, 0.2) is 29.5 Å². The maximum atomic E-state index is 13.5. The summed E-state index contributed by atoms with van der Waals surface area (Å²) in [4.78, 5) is 13.5. The van der Waals surface area contributed by atoms with Gasteiger partial charge in [0, 0.05) is 35.4 Å². The highest BCUT2D eigenvalue weighted by Crippen LogP contribution is 2.59. The van der Waals surface area contributed by atoms with Crippen LogP contribution in [0.15, 0.2) is 48.5 Å². The van der Waals surface area contributed by atoms with E-state index in [1.807, 2.05) is 0 Å². The molecule has 2 aliphatic heterocycles. The number of ether oxygens (including phenoxy) is 3. The fourth-order valence-corrected chi connectivity index (χ4v) is 5.40. The number of fused-ring (bicyclic) bond motifs is 5. The molecule has 6 rings (SSSR count). The van der Waals surface area contributed by atoms with Crippen molar-refractivity contribution in [3.05, 3.63) is 65.2 Å². The Labute approximate surface area is 246 Å². The van der Waals surface area contributed by atoms with E-state index in [1.165, 1.54) is 6.92 Å². The zero-order chi connectivity index (χ0) is 31.8. The first-order valence-electron chi connectivity index (χ1n) is 12.9. The molecule has 0 fully saturated rings. The normalized spacial score (nSPS) is 21.0. The second kappa shape index (κ2) is 9.65. The molecule has 14 heteroatoms. The number of carbonyl (C=O) groups is 1. The summed E-state index contributed by atoms with van der Waals surface area (Å²) in [7, 11) is 0. The number of aliphatic hydroxyl groups is 2. The van der Waals surface area contributed by atoms with E-state index >= 15 is 0 Å². The number of hydrogen-bond donors (Lipinski definition) is 10. The van der Waals surface area contributed by atoms with Gasteiger partial charge in [0.25, 0.3) is 0 Å². The number of Topliss-reactive ketones (excluding diaryl/α,β-unsaturated/α-hetero) is 1. The summed E-state index contributed by atoms with van der Waals surface area (Å²) >= 11 is 0. The van der Waals surface area contributed by atoms with Crippen LogP contribution in [0.5, 0.6) is 63.2 Å². The van der Waals surface area contributed by atoms with E-state index in [4.69, 9.17) is 14.2 Å². The van der Waals surface area contributed by atoms with Gasteiger partial charge in [0.1, 0.15) is 57.7 Å². The molecule has 0 spiro atoms. The molecule has 2 heterocycles. The molecular formula is C30H24O14. The van der Waals surface area contributed by atoms with Gasteiger partial charge in [-0.2, -0.15) is 0 Å². The lowest BCUT2D eigenvalue weighted by Crippen LogP contribution is -2.48. The molecule has 0 aliphatic carbocycles. The number of ketones is 1. The molecule has 0 saturated carbocycles. The first kappa shape index (κ1) is 28.4. The predicted molar refractivity (Wildman–Crippen MR) is 146 cm³/mol. The number of phenolic OH excluding ortho intramolecular Hbond substituents is 8. The quantitative estimate of drug-likeness (QED) is 0.150. The van der Waals surface area contributed by atoms with Crippen molar-refractivity contribution in [2.75, 3.05) is 0 Å². The molecule has 10 N–H and O–H groups in total. The summed E-state index contributed by atoms with van der Waals surface area (Å²) in [5, 5.41) is 105. The molecule has 4 aromatic carbocycles. The van der Waals surface area contributed by atoms with Crippen molar-refractivity contribution in [3.63, 3.8) is 0 Å². The number of aliphatic hydroxyl groups excluding tert-OH is 2. The standard InChI is InChI=1S/C30H24O14/c1-10(31)30(12-4-13(32)6-14(33)5-12)43-20-8-15(34)7-16(35)22(20)24-21(44-30)9-17(36)23-26(40)27(41)28(42-29(23)24)11-2-18(37)25(39)19(38)3-11/h2-10,27-28,31-39,41H,1H3. The van der Waals surface area contributed by atoms with Crippen LogP contribution in [0.4, 0.5) is 0 Å².